The average Bonchev–Trinajstić information content (AvgIpc) is 2.46. The molecule has 0 spiro atoms. The molecule has 0 unspecified atom stereocenters. The van der Waals surface area contributed by atoms with E-state index in [-0.39, 0.29) is 5.56 Å². The van der Waals surface area contributed by atoms with Crippen molar-refractivity contribution < 1.29 is 4.74 Å². The molecule has 0 radical (unpaired) electrons. The van der Waals surface area contributed by atoms with Gasteiger partial charge in [0.05, 0.1) is 17.8 Å². The summed E-state index contributed by atoms with van der Waals surface area (Å²) in [5.41, 5.74) is 3.17. The number of aryl methyl sites for hydroxylation is 1. The first-order valence-corrected chi connectivity index (χ1v) is 6.63. The van der Waals surface area contributed by atoms with Gasteiger partial charge in [-0.1, -0.05) is 6.07 Å². The molecule has 1 N–H and O–H groups in total. The van der Waals surface area contributed by atoms with Gasteiger partial charge in [0.2, 0.25) is 0 Å². The van der Waals surface area contributed by atoms with Crippen molar-refractivity contribution in [2.24, 2.45) is 0 Å². The van der Waals surface area contributed by atoms with E-state index in [1.807, 2.05) is 37.3 Å². The molecule has 0 aliphatic heterocycles. The summed E-state index contributed by atoms with van der Waals surface area (Å²) in [5.74, 6) is 0.539. The molecular weight excluding hydrogens is 266 g/mol. The van der Waals surface area contributed by atoms with Crippen LogP contribution in [0, 0.1) is 6.92 Å². The fourth-order valence-corrected chi connectivity index (χ4v) is 2.24. The van der Waals surface area contributed by atoms with Crippen molar-refractivity contribution in [3.05, 3.63) is 58.1 Å². The number of nitrogens with one attached hydrogen (secondary N) is 1. The molecular formula is C16H15N3O2. The van der Waals surface area contributed by atoms with E-state index in [1.54, 1.807) is 7.11 Å². The van der Waals surface area contributed by atoms with E-state index < -0.39 is 0 Å². The van der Waals surface area contributed by atoms with Crippen LogP contribution in [0.1, 0.15) is 11.4 Å². The van der Waals surface area contributed by atoms with Gasteiger partial charge in [0.1, 0.15) is 5.82 Å². The standard InChI is InChI=1S/C16H15N3O2/c1-10-3-4-11-7-12(5-6-14(11)17-10)16-18-13(9-21-2)8-15(20)19-16/h3-8H,9H2,1-2H3,(H,18,19,20). The summed E-state index contributed by atoms with van der Waals surface area (Å²) >= 11 is 0. The number of pyridine rings is 1. The lowest BCUT2D eigenvalue weighted by atomic mass is 10.1. The minimum Gasteiger partial charge on any atom is -0.378 e. The largest absolute Gasteiger partial charge is 0.378 e. The summed E-state index contributed by atoms with van der Waals surface area (Å²) in [7, 11) is 1.58. The number of hydrogen-bond donors (Lipinski definition) is 1. The number of hydrogen-bond acceptors (Lipinski definition) is 4. The van der Waals surface area contributed by atoms with E-state index in [2.05, 4.69) is 15.0 Å². The molecule has 5 heteroatoms. The van der Waals surface area contributed by atoms with Crippen LogP contribution >= 0.6 is 0 Å². The molecule has 0 saturated heterocycles. The molecule has 2 aromatic heterocycles. The molecule has 106 valence electrons. The van der Waals surface area contributed by atoms with Crippen LogP contribution in [0.3, 0.4) is 0 Å². The zero-order valence-electron chi connectivity index (χ0n) is 11.9. The highest BCUT2D eigenvalue weighted by Crippen LogP contribution is 2.20. The van der Waals surface area contributed by atoms with Crippen LogP contribution in [0.15, 0.2) is 41.2 Å². The van der Waals surface area contributed by atoms with E-state index >= 15 is 0 Å². The SMILES string of the molecule is COCc1cc(=O)[nH]c(-c2ccc3nc(C)ccc3c2)n1. The highest BCUT2D eigenvalue weighted by Gasteiger charge is 2.06. The molecule has 0 aliphatic rings. The summed E-state index contributed by atoms with van der Waals surface area (Å²) in [6, 6.07) is 11.2. The lowest BCUT2D eigenvalue weighted by Gasteiger charge is -2.05. The molecule has 5 nitrogen and oxygen atoms in total. The Morgan fingerprint density at radius 1 is 1.14 bits per heavy atom. The topological polar surface area (TPSA) is 67.9 Å². The summed E-state index contributed by atoms with van der Waals surface area (Å²) < 4.78 is 5.03. The first-order valence-electron chi connectivity index (χ1n) is 6.63. The van der Waals surface area contributed by atoms with Crippen molar-refractivity contribution in [1.29, 1.82) is 0 Å². The molecule has 0 fully saturated rings. The zero-order chi connectivity index (χ0) is 14.8. The summed E-state index contributed by atoms with van der Waals surface area (Å²) in [6.45, 7) is 2.27. The van der Waals surface area contributed by atoms with Gasteiger partial charge in [0.15, 0.2) is 0 Å². The molecule has 3 aromatic rings. The molecule has 1 aromatic carbocycles. The number of nitrogens with zero attached hydrogens (tertiary/aromatic N) is 2. The first-order chi connectivity index (χ1) is 10.2. The lowest BCUT2D eigenvalue weighted by molar-refractivity contribution is 0.181. The second kappa shape index (κ2) is 5.46. The van der Waals surface area contributed by atoms with Crippen molar-refractivity contribution in [2.75, 3.05) is 7.11 Å². The van der Waals surface area contributed by atoms with E-state index in [1.165, 1.54) is 6.07 Å². The van der Waals surface area contributed by atoms with Crippen LogP contribution in [0.25, 0.3) is 22.3 Å². The van der Waals surface area contributed by atoms with E-state index in [4.69, 9.17) is 4.74 Å². The number of benzene rings is 1. The molecule has 3 rings (SSSR count). The minimum absolute atomic E-state index is 0.186. The third-order valence-corrected chi connectivity index (χ3v) is 3.19. The second-order valence-electron chi connectivity index (χ2n) is 4.88. The summed E-state index contributed by atoms with van der Waals surface area (Å²) in [4.78, 5) is 23.3. The monoisotopic (exact) mass is 281 g/mol. The Kier molecular flexibility index (Phi) is 3.50. The van der Waals surface area contributed by atoms with Gasteiger partial charge in [-0.2, -0.15) is 0 Å². The molecule has 0 amide bonds. The minimum atomic E-state index is -0.186. The first kappa shape index (κ1) is 13.5. The Bertz CT molecular complexity index is 856. The third-order valence-electron chi connectivity index (χ3n) is 3.19. The van der Waals surface area contributed by atoms with Gasteiger partial charge in [-0.3, -0.25) is 9.78 Å². The molecule has 0 bridgehead atoms. The van der Waals surface area contributed by atoms with Gasteiger partial charge in [-0.15, -0.1) is 0 Å². The second-order valence-corrected chi connectivity index (χ2v) is 4.88. The van der Waals surface area contributed by atoms with Gasteiger partial charge in [0.25, 0.3) is 5.56 Å². The molecule has 21 heavy (non-hydrogen) atoms. The Morgan fingerprint density at radius 3 is 2.81 bits per heavy atom. The van der Waals surface area contributed by atoms with Crippen LogP contribution in [0.4, 0.5) is 0 Å². The number of aromatic amines is 1. The zero-order valence-corrected chi connectivity index (χ0v) is 11.9. The van der Waals surface area contributed by atoms with Crippen molar-refractivity contribution in [3.63, 3.8) is 0 Å². The normalized spacial score (nSPS) is 11.0. The van der Waals surface area contributed by atoms with Crippen LogP contribution in [-0.2, 0) is 11.3 Å². The van der Waals surface area contributed by atoms with Crippen molar-refractivity contribution in [3.8, 4) is 11.4 Å². The molecule has 0 saturated carbocycles. The predicted octanol–water partition coefficient (Wildman–Crippen LogP) is 2.44. The molecule has 0 aliphatic carbocycles. The van der Waals surface area contributed by atoms with Crippen LogP contribution in [-0.4, -0.2) is 22.1 Å². The Balaban J connectivity index is 2.11. The van der Waals surface area contributed by atoms with E-state index in [9.17, 15) is 4.79 Å². The quantitative estimate of drug-likeness (QED) is 0.800. The van der Waals surface area contributed by atoms with Crippen LogP contribution in [0.2, 0.25) is 0 Å². The Morgan fingerprint density at radius 2 is 2.00 bits per heavy atom. The van der Waals surface area contributed by atoms with Gasteiger partial charge in [-0.05, 0) is 31.2 Å². The van der Waals surface area contributed by atoms with Crippen LogP contribution in [0.5, 0.6) is 0 Å². The van der Waals surface area contributed by atoms with Gasteiger partial charge in [0, 0.05) is 29.8 Å². The number of aromatic nitrogens is 3. The maximum atomic E-state index is 11.7. The number of ether oxygens (including phenoxy) is 1. The predicted molar refractivity (Wildman–Crippen MR) is 81.0 cm³/mol. The van der Waals surface area contributed by atoms with Gasteiger partial charge < -0.3 is 9.72 Å². The molecule has 0 atom stereocenters. The van der Waals surface area contributed by atoms with Gasteiger partial charge >= 0.3 is 0 Å². The van der Waals surface area contributed by atoms with E-state index in [0.29, 0.717) is 18.1 Å². The highest BCUT2D eigenvalue weighted by atomic mass is 16.5. The number of methoxy groups -OCH3 is 1. The fourth-order valence-electron chi connectivity index (χ4n) is 2.24. The van der Waals surface area contributed by atoms with Crippen molar-refractivity contribution >= 4 is 10.9 Å². The van der Waals surface area contributed by atoms with E-state index in [0.717, 1.165) is 22.2 Å². The highest BCUT2D eigenvalue weighted by molar-refractivity contribution is 5.83. The number of rotatable bonds is 3. The summed E-state index contributed by atoms with van der Waals surface area (Å²) in [5, 5.41) is 1.01. The van der Waals surface area contributed by atoms with Crippen molar-refractivity contribution in [2.45, 2.75) is 13.5 Å². The maximum Gasteiger partial charge on any atom is 0.251 e. The Hall–Kier alpha value is -2.53. The van der Waals surface area contributed by atoms with Gasteiger partial charge in [-0.25, -0.2) is 4.98 Å². The molecule has 2 heterocycles. The third kappa shape index (κ3) is 2.83. The van der Waals surface area contributed by atoms with Crippen molar-refractivity contribution in [1.82, 2.24) is 15.0 Å². The number of H-pyrrole nitrogens is 1. The average molecular weight is 281 g/mol. The fraction of sp³-hybridized carbons (Fsp3) is 0.188. The van der Waals surface area contributed by atoms with Crippen LogP contribution < -0.4 is 5.56 Å². The maximum absolute atomic E-state index is 11.7. The smallest absolute Gasteiger partial charge is 0.251 e. The Labute approximate surface area is 121 Å². The lowest BCUT2D eigenvalue weighted by Crippen LogP contribution is -2.10. The number of fused-ring (bicyclic) bond motifs is 1. The summed E-state index contributed by atoms with van der Waals surface area (Å²) in [6.07, 6.45) is 0.